The molecule has 0 fully saturated rings. The third kappa shape index (κ3) is 2.77. The number of halogens is 1. The summed E-state index contributed by atoms with van der Waals surface area (Å²) >= 11 is 5.74. The summed E-state index contributed by atoms with van der Waals surface area (Å²) in [5.41, 5.74) is 0.222. The molecule has 0 aliphatic carbocycles. The number of carboxylic acids is 1. The number of aliphatic hydroxyl groups excluding tert-OH is 1. The van der Waals surface area contributed by atoms with Crippen LogP contribution in [-0.4, -0.2) is 34.5 Å². The second-order valence-corrected chi connectivity index (χ2v) is 3.61. The van der Waals surface area contributed by atoms with Gasteiger partial charge in [-0.3, -0.25) is 0 Å². The van der Waals surface area contributed by atoms with Crippen LogP contribution in [0.2, 0.25) is 5.02 Å². The minimum atomic E-state index is -1.59. The quantitative estimate of drug-likeness (QED) is 0.739. The standard InChI is InChI=1S/C10H11ClO5/c1-16-8-4-6(11)2-5(9(8)13)3-7(12)10(14)15/h2,4,7,12-13H,3H2,1H3,(H,14,15). The molecule has 0 spiro atoms. The van der Waals surface area contributed by atoms with E-state index in [1.54, 1.807) is 0 Å². The van der Waals surface area contributed by atoms with Crippen LogP contribution in [-0.2, 0) is 11.2 Å². The average molecular weight is 247 g/mol. The highest BCUT2D eigenvalue weighted by molar-refractivity contribution is 6.30. The van der Waals surface area contributed by atoms with E-state index in [2.05, 4.69) is 0 Å². The Balaban J connectivity index is 3.04. The van der Waals surface area contributed by atoms with E-state index in [9.17, 15) is 9.90 Å². The number of methoxy groups -OCH3 is 1. The predicted octanol–water partition coefficient (Wildman–Crippen LogP) is 1.04. The Kier molecular flexibility index (Phi) is 3.98. The van der Waals surface area contributed by atoms with Crippen molar-refractivity contribution in [3.05, 3.63) is 22.7 Å². The summed E-state index contributed by atoms with van der Waals surface area (Å²) in [5, 5.41) is 27.6. The molecule has 0 aliphatic heterocycles. The lowest BCUT2D eigenvalue weighted by Gasteiger charge is -2.11. The summed E-state index contributed by atoms with van der Waals surface area (Å²) in [6, 6.07) is 2.78. The first kappa shape index (κ1) is 12.6. The van der Waals surface area contributed by atoms with Crippen LogP contribution in [0.15, 0.2) is 12.1 Å². The molecule has 0 heterocycles. The summed E-state index contributed by atoms with van der Waals surface area (Å²) in [6.45, 7) is 0. The van der Waals surface area contributed by atoms with Gasteiger partial charge in [-0.2, -0.15) is 0 Å². The lowest BCUT2D eigenvalue weighted by molar-refractivity contribution is -0.146. The fraction of sp³-hybridized carbons (Fsp3) is 0.300. The molecule has 1 unspecified atom stereocenters. The largest absolute Gasteiger partial charge is 0.504 e. The van der Waals surface area contributed by atoms with Gasteiger partial charge in [0.25, 0.3) is 0 Å². The van der Waals surface area contributed by atoms with Crippen LogP contribution in [0.3, 0.4) is 0 Å². The van der Waals surface area contributed by atoms with E-state index in [0.717, 1.165) is 0 Å². The molecule has 3 N–H and O–H groups in total. The summed E-state index contributed by atoms with van der Waals surface area (Å²) in [6.07, 6.45) is -1.83. The zero-order chi connectivity index (χ0) is 12.3. The van der Waals surface area contributed by atoms with Crippen molar-refractivity contribution in [1.29, 1.82) is 0 Å². The third-order valence-corrected chi connectivity index (χ3v) is 2.26. The first-order valence-corrected chi connectivity index (χ1v) is 4.79. The molecule has 6 heteroatoms. The van der Waals surface area contributed by atoms with Crippen LogP contribution >= 0.6 is 11.6 Å². The average Bonchev–Trinajstić information content (AvgIpc) is 2.22. The second-order valence-electron chi connectivity index (χ2n) is 3.17. The van der Waals surface area contributed by atoms with Gasteiger partial charge in [-0.15, -0.1) is 0 Å². The number of benzene rings is 1. The van der Waals surface area contributed by atoms with Crippen molar-refractivity contribution >= 4 is 17.6 Å². The van der Waals surface area contributed by atoms with Gasteiger partial charge in [-0.25, -0.2) is 4.79 Å². The van der Waals surface area contributed by atoms with E-state index in [-0.39, 0.29) is 23.5 Å². The molecule has 0 bridgehead atoms. The zero-order valence-corrected chi connectivity index (χ0v) is 9.23. The van der Waals surface area contributed by atoms with Crippen LogP contribution in [0.4, 0.5) is 0 Å². The van der Waals surface area contributed by atoms with Crippen molar-refractivity contribution in [2.75, 3.05) is 7.11 Å². The molecule has 0 radical (unpaired) electrons. The van der Waals surface area contributed by atoms with Gasteiger partial charge < -0.3 is 20.1 Å². The van der Waals surface area contributed by atoms with Gasteiger partial charge in [-0.1, -0.05) is 11.6 Å². The second kappa shape index (κ2) is 5.05. The van der Waals surface area contributed by atoms with Crippen molar-refractivity contribution in [2.45, 2.75) is 12.5 Å². The maximum Gasteiger partial charge on any atom is 0.332 e. The molecule has 5 nitrogen and oxygen atoms in total. The Morgan fingerprint density at radius 3 is 2.69 bits per heavy atom. The summed E-state index contributed by atoms with van der Waals surface area (Å²) in [7, 11) is 1.35. The van der Waals surface area contributed by atoms with Crippen LogP contribution in [0, 0.1) is 0 Å². The molecule has 1 rings (SSSR count). The topological polar surface area (TPSA) is 87.0 Å². The normalized spacial score (nSPS) is 12.2. The Bertz CT molecular complexity index is 404. The molecule has 0 saturated heterocycles. The van der Waals surface area contributed by atoms with E-state index >= 15 is 0 Å². The number of carbonyl (C=O) groups is 1. The number of hydrogen-bond acceptors (Lipinski definition) is 4. The molecule has 1 aromatic carbocycles. The number of phenols is 1. The van der Waals surface area contributed by atoms with Gasteiger partial charge >= 0.3 is 5.97 Å². The highest BCUT2D eigenvalue weighted by atomic mass is 35.5. The van der Waals surface area contributed by atoms with Crippen molar-refractivity contribution in [3.63, 3.8) is 0 Å². The number of rotatable bonds is 4. The SMILES string of the molecule is COc1cc(Cl)cc(CC(O)C(=O)O)c1O. The smallest absolute Gasteiger partial charge is 0.332 e. The first-order chi connectivity index (χ1) is 7.45. The van der Waals surface area contributed by atoms with Gasteiger partial charge in [0.1, 0.15) is 0 Å². The predicted molar refractivity (Wildman–Crippen MR) is 57.0 cm³/mol. The van der Waals surface area contributed by atoms with Gasteiger partial charge in [-0.05, 0) is 6.07 Å². The number of ether oxygens (including phenoxy) is 1. The number of phenolic OH excluding ortho intramolecular Hbond substituents is 1. The van der Waals surface area contributed by atoms with E-state index in [4.69, 9.17) is 26.6 Å². The first-order valence-electron chi connectivity index (χ1n) is 4.42. The Morgan fingerprint density at radius 2 is 2.19 bits per heavy atom. The van der Waals surface area contributed by atoms with Crippen LogP contribution in [0.25, 0.3) is 0 Å². The number of aromatic hydroxyl groups is 1. The fourth-order valence-electron chi connectivity index (χ4n) is 1.24. The highest BCUT2D eigenvalue weighted by Gasteiger charge is 2.18. The van der Waals surface area contributed by atoms with Crippen LogP contribution in [0.1, 0.15) is 5.56 Å². The molecular weight excluding hydrogens is 236 g/mol. The molecule has 1 atom stereocenters. The fourth-order valence-corrected chi connectivity index (χ4v) is 1.47. The summed E-state index contributed by atoms with van der Waals surface area (Å²) in [4.78, 5) is 10.5. The van der Waals surface area contributed by atoms with Gasteiger partial charge in [0, 0.05) is 23.1 Å². The van der Waals surface area contributed by atoms with Gasteiger partial charge in [0.15, 0.2) is 17.6 Å². The third-order valence-electron chi connectivity index (χ3n) is 2.04. The monoisotopic (exact) mass is 246 g/mol. The van der Waals surface area contributed by atoms with Crippen molar-refractivity contribution in [1.82, 2.24) is 0 Å². The molecule has 0 amide bonds. The van der Waals surface area contributed by atoms with Gasteiger partial charge in [0.05, 0.1) is 7.11 Å². The molecule has 0 aliphatic rings. The van der Waals surface area contributed by atoms with Crippen molar-refractivity contribution < 1.29 is 24.9 Å². The summed E-state index contributed by atoms with van der Waals surface area (Å²) in [5.74, 6) is -1.44. The maximum absolute atomic E-state index is 10.5. The molecule has 1 aromatic rings. The van der Waals surface area contributed by atoms with E-state index in [0.29, 0.717) is 5.02 Å². The van der Waals surface area contributed by atoms with E-state index in [1.165, 1.54) is 19.2 Å². The van der Waals surface area contributed by atoms with E-state index in [1.807, 2.05) is 0 Å². The molecule has 0 saturated carbocycles. The van der Waals surface area contributed by atoms with E-state index < -0.39 is 12.1 Å². The van der Waals surface area contributed by atoms with Gasteiger partial charge in [0.2, 0.25) is 0 Å². The number of aliphatic hydroxyl groups is 1. The Morgan fingerprint density at radius 1 is 1.56 bits per heavy atom. The van der Waals surface area contributed by atoms with Crippen molar-refractivity contribution in [2.24, 2.45) is 0 Å². The minimum absolute atomic E-state index is 0.139. The summed E-state index contributed by atoms with van der Waals surface area (Å²) < 4.78 is 4.85. The minimum Gasteiger partial charge on any atom is -0.504 e. The molecule has 16 heavy (non-hydrogen) atoms. The molecule has 0 aromatic heterocycles. The van der Waals surface area contributed by atoms with Crippen LogP contribution in [0.5, 0.6) is 11.5 Å². The lowest BCUT2D eigenvalue weighted by atomic mass is 10.1. The Labute approximate surface area is 96.9 Å². The number of carboxylic acid groups (broad SMARTS) is 1. The lowest BCUT2D eigenvalue weighted by Crippen LogP contribution is -2.22. The number of hydrogen-bond donors (Lipinski definition) is 3. The van der Waals surface area contributed by atoms with Crippen LogP contribution < -0.4 is 4.74 Å². The highest BCUT2D eigenvalue weighted by Crippen LogP contribution is 2.34. The maximum atomic E-state index is 10.5. The number of aliphatic carboxylic acids is 1. The Hall–Kier alpha value is -1.46. The molecule has 88 valence electrons. The zero-order valence-electron chi connectivity index (χ0n) is 8.48. The van der Waals surface area contributed by atoms with Crippen molar-refractivity contribution in [3.8, 4) is 11.5 Å². The molecular formula is C10H11ClO5.